The second kappa shape index (κ2) is 12.5. The van der Waals surface area contributed by atoms with E-state index >= 15 is 0 Å². The van der Waals surface area contributed by atoms with Gasteiger partial charge in [-0.25, -0.2) is 18.5 Å². The summed E-state index contributed by atoms with van der Waals surface area (Å²) >= 11 is -2.53. The quantitative estimate of drug-likeness (QED) is 0.193. The van der Waals surface area contributed by atoms with Crippen LogP contribution in [0.15, 0.2) is 66.7 Å². The number of methoxy groups -OCH3 is 2. The van der Waals surface area contributed by atoms with Crippen LogP contribution in [-0.4, -0.2) is 38.9 Å². The fourth-order valence-electron chi connectivity index (χ4n) is 3.87. The molecule has 39 heavy (non-hydrogen) atoms. The van der Waals surface area contributed by atoms with E-state index in [1.165, 1.54) is 0 Å². The fraction of sp³-hybridized carbons (Fsp3) is 0.250. The molecule has 4 rings (SSSR count). The maximum Gasteiger partial charge on any atom is 0.268 e. The molecule has 0 spiro atoms. The average Bonchev–Trinajstić information content (AvgIpc) is 2.92. The van der Waals surface area contributed by atoms with Gasteiger partial charge in [-0.3, -0.25) is 9.35 Å². The molecule has 10 nitrogen and oxygen atoms in total. The lowest BCUT2D eigenvalue weighted by atomic mass is 10.1. The Morgan fingerprint density at radius 1 is 0.949 bits per heavy atom. The van der Waals surface area contributed by atoms with Crippen LogP contribution in [0, 0.1) is 5.92 Å². The minimum atomic E-state index is -2.53. The van der Waals surface area contributed by atoms with Crippen molar-refractivity contribution >= 4 is 56.9 Å². The lowest BCUT2D eigenvalue weighted by molar-refractivity contribution is -0.116. The minimum absolute atomic E-state index is 0.111. The highest BCUT2D eigenvalue weighted by molar-refractivity contribution is 7.81. The summed E-state index contributed by atoms with van der Waals surface area (Å²) in [5.74, 6) is 1.72. The lowest BCUT2D eigenvalue weighted by Crippen LogP contribution is -2.22. The van der Waals surface area contributed by atoms with Crippen molar-refractivity contribution in [2.45, 2.75) is 26.7 Å². The number of fused-ring (bicyclic) bond motifs is 1. The van der Waals surface area contributed by atoms with Gasteiger partial charge in [0.2, 0.25) is 5.91 Å². The predicted octanol–water partition coefficient (Wildman–Crippen LogP) is 6.04. The zero-order valence-corrected chi connectivity index (χ0v) is 23.0. The van der Waals surface area contributed by atoms with Gasteiger partial charge in [0, 0.05) is 36.0 Å². The number of anilines is 5. The van der Waals surface area contributed by atoms with E-state index in [0.29, 0.717) is 51.9 Å². The van der Waals surface area contributed by atoms with Gasteiger partial charge in [-0.2, -0.15) is 0 Å². The number of aromatic nitrogens is 2. The SMILES string of the molecule is COc1cc(Nc2nc3ccccc3nc2N(c2cccc(NC(=O)CCC(C)C)c2)S(=O)O)cc(OC)c1. The van der Waals surface area contributed by atoms with Gasteiger partial charge in [0.15, 0.2) is 11.6 Å². The average molecular weight is 550 g/mol. The van der Waals surface area contributed by atoms with Gasteiger partial charge in [-0.15, -0.1) is 0 Å². The maximum absolute atomic E-state index is 12.8. The third kappa shape index (κ3) is 7.01. The molecule has 3 aromatic carbocycles. The molecule has 1 atom stereocenters. The maximum atomic E-state index is 12.8. The van der Waals surface area contributed by atoms with Crippen LogP contribution >= 0.6 is 0 Å². The molecule has 0 radical (unpaired) electrons. The first kappa shape index (κ1) is 27.8. The van der Waals surface area contributed by atoms with Crippen LogP contribution in [0.4, 0.5) is 28.7 Å². The van der Waals surface area contributed by atoms with Crippen LogP contribution in [-0.2, 0) is 16.1 Å². The summed E-state index contributed by atoms with van der Waals surface area (Å²) in [6, 6.07) is 19.2. The number of ether oxygens (including phenoxy) is 2. The number of nitrogens with one attached hydrogen (secondary N) is 2. The molecule has 0 fully saturated rings. The smallest absolute Gasteiger partial charge is 0.268 e. The minimum Gasteiger partial charge on any atom is -0.497 e. The van der Waals surface area contributed by atoms with Crippen molar-refractivity contribution < 1.29 is 23.0 Å². The number of carbonyl (C=O) groups excluding carboxylic acids is 1. The molecule has 1 amide bonds. The lowest BCUT2D eigenvalue weighted by Gasteiger charge is -2.23. The van der Waals surface area contributed by atoms with E-state index in [1.54, 1.807) is 68.8 Å². The van der Waals surface area contributed by atoms with E-state index in [-0.39, 0.29) is 17.5 Å². The Morgan fingerprint density at radius 2 is 1.62 bits per heavy atom. The van der Waals surface area contributed by atoms with Gasteiger partial charge >= 0.3 is 0 Å². The number of hydrogen-bond donors (Lipinski definition) is 3. The van der Waals surface area contributed by atoms with E-state index in [9.17, 15) is 13.6 Å². The van der Waals surface area contributed by atoms with Crippen molar-refractivity contribution in [2.24, 2.45) is 5.92 Å². The standard InChI is InChI=1S/C28H31N5O5S/c1-18(2)12-13-26(34)29-19-8-7-9-21(14-19)33(39(35)36)28-27(31-24-10-5-6-11-25(24)32-28)30-20-15-22(37-3)17-23(16-20)38-4/h5-11,14-18H,12-13H2,1-4H3,(H,29,34)(H,30,31)(H,35,36). The molecule has 4 aromatic rings. The Balaban J connectivity index is 1.77. The Kier molecular flexibility index (Phi) is 8.95. The number of rotatable bonds is 11. The zero-order valence-electron chi connectivity index (χ0n) is 22.2. The van der Waals surface area contributed by atoms with Crippen molar-refractivity contribution in [1.29, 1.82) is 0 Å². The van der Waals surface area contributed by atoms with Crippen molar-refractivity contribution in [3.63, 3.8) is 0 Å². The number of benzene rings is 3. The highest BCUT2D eigenvalue weighted by Crippen LogP contribution is 2.36. The van der Waals surface area contributed by atoms with Gasteiger partial charge in [-0.05, 0) is 42.7 Å². The summed E-state index contributed by atoms with van der Waals surface area (Å²) in [6.45, 7) is 4.11. The molecule has 0 aliphatic carbocycles. The molecular weight excluding hydrogens is 518 g/mol. The van der Waals surface area contributed by atoms with Crippen molar-refractivity contribution in [2.75, 3.05) is 29.2 Å². The molecule has 0 saturated carbocycles. The number of amides is 1. The summed E-state index contributed by atoms with van der Waals surface area (Å²) < 4.78 is 35.1. The normalized spacial score (nSPS) is 11.7. The van der Waals surface area contributed by atoms with Crippen molar-refractivity contribution in [3.05, 3.63) is 66.7 Å². The largest absolute Gasteiger partial charge is 0.497 e. The molecule has 0 aliphatic rings. The monoisotopic (exact) mass is 549 g/mol. The summed E-state index contributed by atoms with van der Waals surface area (Å²) in [6.07, 6.45) is 1.14. The summed E-state index contributed by atoms with van der Waals surface area (Å²) in [5, 5.41) is 6.07. The van der Waals surface area contributed by atoms with E-state index in [2.05, 4.69) is 24.5 Å². The van der Waals surface area contributed by atoms with E-state index in [1.807, 2.05) is 12.1 Å². The third-order valence-corrected chi connectivity index (χ3v) is 6.52. The van der Waals surface area contributed by atoms with E-state index < -0.39 is 11.3 Å². The first-order chi connectivity index (χ1) is 18.8. The molecule has 11 heteroatoms. The number of para-hydroxylation sites is 2. The Labute approximate surface area is 229 Å². The Morgan fingerprint density at radius 3 is 2.23 bits per heavy atom. The number of hydrogen-bond acceptors (Lipinski definition) is 7. The van der Waals surface area contributed by atoms with Gasteiger partial charge in [0.25, 0.3) is 11.3 Å². The van der Waals surface area contributed by atoms with Crippen LogP contribution in [0.2, 0.25) is 0 Å². The van der Waals surface area contributed by atoms with Crippen molar-refractivity contribution in [3.8, 4) is 11.5 Å². The van der Waals surface area contributed by atoms with Crippen molar-refractivity contribution in [1.82, 2.24) is 9.97 Å². The van der Waals surface area contributed by atoms with Crippen LogP contribution < -0.4 is 24.4 Å². The van der Waals surface area contributed by atoms with E-state index in [4.69, 9.17) is 19.4 Å². The van der Waals surface area contributed by atoms with E-state index in [0.717, 1.165) is 10.7 Å². The third-order valence-electron chi connectivity index (χ3n) is 5.83. The van der Waals surface area contributed by atoms with Crippen LogP contribution in [0.5, 0.6) is 11.5 Å². The molecule has 1 unspecified atom stereocenters. The number of carbonyl (C=O) groups is 1. The van der Waals surface area contributed by atoms with Crippen LogP contribution in [0.3, 0.4) is 0 Å². The first-order valence-corrected chi connectivity index (χ1v) is 13.4. The van der Waals surface area contributed by atoms with Gasteiger partial charge in [0.05, 0.1) is 30.9 Å². The summed E-state index contributed by atoms with van der Waals surface area (Å²) in [4.78, 5) is 21.8. The molecule has 204 valence electrons. The van der Waals surface area contributed by atoms with Gasteiger partial charge in [-0.1, -0.05) is 32.0 Å². The van der Waals surface area contributed by atoms with Gasteiger partial charge in [0.1, 0.15) is 11.5 Å². The highest BCUT2D eigenvalue weighted by atomic mass is 32.2. The highest BCUT2D eigenvalue weighted by Gasteiger charge is 2.23. The molecule has 1 heterocycles. The Bertz CT molecular complexity index is 1470. The molecule has 0 saturated heterocycles. The summed E-state index contributed by atoms with van der Waals surface area (Å²) in [5.41, 5.74) is 2.54. The van der Waals surface area contributed by atoms with Crippen LogP contribution in [0.25, 0.3) is 11.0 Å². The zero-order chi connectivity index (χ0) is 27.9. The second-order valence-electron chi connectivity index (χ2n) is 9.17. The molecule has 3 N–H and O–H groups in total. The fourth-order valence-corrected chi connectivity index (χ4v) is 4.44. The Hall–Kier alpha value is -4.22. The van der Waals surface area contributed by atoms with Crippen LogP contribution in [0.1, 0.15) is 26.7 Å². The van der Waals surface area contributed by atoms with Gasteiger partial charge < -0.3 is 20.1 Å². The first-order valence-electron chi connectivity index (χ1n) is 12.3. The second-order valence-corrected chi connectivity index (χ2v) is 9.99. The molecule has 1 aromatic heterocycles. The molecular formula is C28H31N5O5S. The topological polar surface area (TPSA) is 126 Å². The summed E-state index contributed by atoms with van der Waals surface area (Å²) in [7, 11) is 3.09. The molecule has 0 aliphatic heterocycles. The molecule has 0 bridgehead atoms. The predicted molar refractivity (Wildman–Crippen MR) is 154 cm³/mol. The number of nitrogens with zero attached hydrogens (tertiary/aromatic N) is 3.